The van der Waals surface area contributed by atoms with E-state index in [2.05, 4.69) is 5.32 Å². The van der Waals surface area contributed by atoms with Gasteiger partial charge in [0.2, 0.25) is 0 Å². The quantitative estimate of drug-likeness (QED) is 0.840. The third-order valence-electron chi connectivity index (χ3n) is 2.61. The van der Waals surface area contributed by atoms with E-state index in [9.17, 15) is 9.59 Å². The number of carbonyl (C=O) groups excluding carboxylic acids is 1. The zero-order valence-corrected chi connectivity index (χ0v) is 10.6. The average molecular weight is 250 g/mol. The molecule has 0 aliphatic rings. The molecule has 2 amide bonds. The van der Waals surface area contributed by atoms with Gasteiger partial charge in [0.1, 0.15) is 0 Å². The van der Waals surface area contributed by atoms with Crippen LogP contribution in [0.25, 0.3) is 0 Å². The van der Waals surface area contributed by atoms with Crippen molar-refractivity contribution in [1.29, 1.82) is 0 Å². The number of carbonyl (C=O) groups is 2. The number of benzene rings is 1. The summed E-state index contributed by atoms with van der Waals surface area (Å²) < 4.78 is 0. The molecular weight excluding hydrogens is 232 g/mol. The number of para-hydroxylation sites is 1. The summed E-state index contributed by atoms with van der Waals surface area (Å²) >= 11 is 0. The Morgan fingerprint density at radius 3 is 2.50 bits per heavy atom. The van der Waals surface area contributed by atoms with Crippen LogP contribution in [0.3, 0.4) is 0 Å². The number of carboxylic acid groups (broad SMARTS) is 1. The van der Waals surface area contributed by atoms with E-state index in [1.807, 2.05) is 30.3 Å². The van der Waals surface area contributed by atoms with Gasteiger partial charge in [-0.1, -0.05) is 18.2 Å². The zero-order valence-electron chi connectivity index (χ0n) is 10.6. The van der Waals surface area contributed by atoms with Crippen LogP contribution in [-0.4, -0.2) is 30.2 Å². The summed E-state index contributed by atoms with van der Waals surface area (Å²) in [6.07, 6.45) is 0.472. The molecular formula is C13H18N2O3. The predicted molar refractivity (Wildman–Crippen MR) is 69.7 cm³/mol. The van der Waals surface area contributed by atoms with Crippen molar-refractivity contribution in [1.82, 2.24) is 5.32 Å². The molecule has 0 fully saturated rings. The second-order valence-corrected chi connectivity index (χ2v) is 4.18. The normalized spacial score (nSPS) is 11.7. The second-order valence-electron chi connectivity index (χ2n) is 4.18. The molecule has 0 saturated carbocycles. The Labute approximate surface area is 106 Å². The molecule has 1 rings (SSSR count). The minimum atomic E-state index is -0.854. The summed E-state index contributed by atoms with van der Waals surface area (Å²) in [6.45, 7) is 1.79. The van der Waals surface area contributed by atoms with E-state index < -0.39 is 5.97 Å². The van der Waals surface area contributed by atoms with Crippen molar-refractivity contribution in [2.45, 2.75) is 25.8 Å². The predicted octanol–water partition coefficient (Wildman–Crippen LogP) is 2.09. The Morgan fingerprint density at radius 1 is 1.33 bits per heavy atom. The lowest BCUT2D eigenvalue weighted by Gasteiger charge is -2.21. The van der Waals surface area contributed by atoms with E-state index in [1.54, 1.807) is 14.0 Å². The molecule has 1 aromatic rings. The van der Waals surface area contributed by atoms with Crippen LogP contribution < -0.4 is 10.2 Å². The number of carboxylic acids is 1. The summed E-state index contributed by atoms with van der Waals surface area (Å²) in [7, 11) is 1.68. The van der Waals surface area contributed by atoms with Gasteiger partial charge in [-0.05, 0) is 25.5 Å². The van der Waals surface area contributed by atoms with Gasteiger partial charge < -0.3 is 10.4 Å². The van der Waals surface area contributed by atoms with E-state index in [4.69, 9.17) is 5.11 Å². The number of nitrogens with one attached hydrogen (secondary N) is 1. The number of anilines is 1. The minimum Gasteiger partial charge on any atom is -0.481 e. The maximum atomic E-state index is 11.9. The van der Waals surface area contributed by atoms with Crippen molar-refractivity contribution >= 4 is 17.7 Å². The molecule has 2 N–H and O–H groups in total. The van der Waals surface area contributed by atoms with E-state index in [-0.39, 0.29) is 18.5 Å². The Kier molecular flexibility index (Phi) is 5.17. The van der Waals surface area contributed by atoms with Gasteiger partial charge in [-0.15, -0.1) is 0 Å². The molecule has 1 unspecified atom stereocenters. The number of aliphatic carboxylic acids is 1. The van der Waals surface area contributed by atoms with Crippen molar-refractivity contribution < 1.29 is 14.7 Å². The first-order chi connectivity index (χ1) is 8.50. The number of nitrogens with zero attached hydrogens (tertiary/aromatic N) is 1. The third-order valence-corrected chi connectivity index (χ3v) is 2.61. The van der Waals surface area contributed by atoms with Crippen molar-refractivity contribution in [3.8, 4) is 0 Å². The van der Waals surface area contributed by atoms with E-state index >= 15 is 0 Å². The van der Waals surface area contributed by atoms with Crippen LogP contribution in [0.4, 0.5) is 10.5 Å². The fraction of sp³-hybridized carbons (Fsp3) is 0.385. The van der Waals surface area contributed by atoms with Crippen LogP contribution >= 0.6 is 0 Å². The zero-order chi connectivity index (χ0) is 13.5. The molecule has 18 heavy (non-hydrogen) atoms. The molecule has 0 heterocycles. The van der Waals surface area contributed by atoms with Crippen LogP contribution in [0.1, 0.15) is 19.8 Å². The number of amides is 2. The Bertz CT molecular complexity index is 406. The maximum absolute atomic E-state index is 11.9. The summed E-state index contributed by atoms with van der Waals surface area (Å²) in [6, 6.07) is 8.85. The van der Waals surface area contributed by atoms with Crippen LogP contribution in [0.5, 0.6) is 0 Å². The molecule has 0 aliphatic carbocycles. The van der Waals surface area contributed by atoms with Crippen molar-refractivity contribution in [2.24, 2.45) is 0 Å². The summed E-state index contributed by atoms with van der Waals surface area (Å²) in [4.78, 5) is 23.8. The highest BCUT2D eigenvalue weighted by atomic mass is 16.4. The Hall–Kier alpha value is -2.04. The summed E-state index contributed by atoms with van der Waals surface area (Å²) in [5, 5.41) is 11.3. The molecule has 0 aliphatic heterocycles. The minimum absolute atomic E-state index is 0.0521. The first-order valence-corrected chi connectivity index (χ1v) is 5.81. The number of urea groups is 1. The van der Waals surface area contributed by atoms with Crippen molar-refractivity contribution in [3.63, 3.8) is 0 Å². The molecule has 0 radical (unpaired) electrons. The molecule has 1 aromatic carbocycles. The highest BCUT2D eigenvalue weighted by Crippen LogP contribution is 2.11. The summed E-state index contributed by atoms with van der Waals surface area (Å²) in [5.41, 5.74) is 0.792. The lowest BCUT2D eigenvalue weighted by molar-refractivity contribution is -0.137. The fourth-order valence-corrected chi connectivity index (χ4v) is 1.49. The highest BCUT2D eigenvalue weighted by molar-refractivity contribution is 5.91. The highest BCUT2D eigenvalue weighted by Gasteiger charge is 2.13. The van der Waals surface area contributed by atoms with Gasteiger partial charge in [-0.2, -0.15) is 0 Å². The molecule has 0 spiro atoms. The van der Waals surface area contributed by atoms with Gasteiger partial charge in [-0.25, -0.2) is 4.79 Å². The van der Waals surface area contributed by atoms with Gasteiger partial charge in [0.25, 0.3) is 0 Å². The molecule has 1 atom stereocenters. The summed E-state index contributed by atoms with van der Waals surface area (Å²) in [5.74, 6) is -0.854. The van der Waals surface area contributed by atoms with Crippen LogP contribution in [-0.2, 0) is 4.79 Å². The number of hydrogen-bond acceptors (Lipinski definition) is 2. The molecule has 0 bridgehead atoms. The lowest BCUT2D eigenvalue weighted by Crippen LogP contribution is -2.42. The lowest BCUT2D eigenvalue weighted by atomic mass is 10.2. The smallest absolute Gasteiger partial charge is 0.321 e. The van der Waals surface area contributed by atoms with Crippen molar-refractivity contribution in [3.05, 3.63) is 30.3 Å². The molecule has 5 nitrogen and oxygen atoms in total. The van der Waals surface area contributed by atoms with Gasteiger partial charge in [-0.3, -0.25) is 9.69 Å². The first-order valence-electron chi connectivity index (χ1n) is 5.81. The first kappa shape index (κ1) is 14.0. The second kappa shape index (κ2) is 6.64. The van der Waals surface area contributed by atoms with Gasteiger partial charge in [0.15, 0.2) is 0 Å². The van der Waals surface area contributed by atoms with E-state index in [1.165, 1.54) is 4.90 Å². The monoisotopic (exact) mass is 250 g/mol. The van der Waals surface area contributed by atoms with Gasteiger partial charge in [0, 0.05) is 25.2 Å². The van der Waals surface area contributed by atoms with E-state index in [0.29, 0.717) is 6.42 Å². The molecule has 0 aromatic heterocycles. The van der Waals surface area contributed by atoms with Crippen LogP contribution in [0.15, 0.2) is 30.3 Å². The van der Waals surface area contributed by atoms with Gasteiger partial charge >= 0.3 is 12.0 Å². The van der Waals surface area contributed by atoms with Crippen LogP contribution in [0, 0.1) is 0 Å². The largest absolute Gasteiger partial charge is 0.481 e. The average Bonchev–Trinajstić information content (AvgIpc) is 2.36. The van der Waals surface area contributed by atoms with Gasteiger partial charge in [0.05, 0.1) is 0 Å². The standard InChI is InChI=1S/C13H18N2O3/c1-10(8-9-12(16)17)14-13(18)15(2)11-6-4-3-5-7-11/h3-7,10H,8-9H2,1-2H3,(H,14,18)(H,16,17). The van der Waals surface area contributed by atoms with Crippen molar-refractivity contribution in [2.75, 3.05) is 11.9 Å². The number of hydrogen-bond donors (Lipinski definition) is 2. The fourth-order valence-electron chi connectivity index (χ4n) is 1.49. The Morgan fingerprint density at radius 2 is 1.94 bits per heavy atom. The molecule has 98 valence electrons. The molecule has 5 heteroatoms. The van der Waals surface area contributed by atoms with E-state index in [0.717, 1.165) is 5.69 Å². The number of rotatable bonds is 5. The Balaban J connectivity index is 2.47. The third kappa shape index (κ3) is 4.45. The topological polar surface area (TPSA) is 69.6 Å². The molecule has 0 saturated heterocycles. The SMILES string of the molecule is CC(CCC(=O)O)NC(=O)N(C)c1ccccc1. The maximum Gasteiger partial charge on any atom is 0.321 e. The van der Waals surface area contributed by atoms with Crippen LogP contribution in [0.2, 0.25) is 0 Å².